The van der Waals surface area contributed by atoms with E-state index in [2.05, 4.69) is 10.5 Å². The number of halogens is 1. The van der Waals surface area contributed by atoms with Gasteiger partial charge in [-0.15, -0.1) is 0 Å². The van der Waals surface area contributed by atoms with Crippen LogP contribution >= 0.6 is 0 Å². The van der Waals surface area contributed by atoms with Gasteiger partial charge in [0.2, 0.25) is 0 Å². The maximum atomic E-state index is 13.3. The molecule has 0 saturated heterocycles. The maximum absolute atomic E-state index is 13.3. The summed E-state index contributed by atoms with van der Waals surface area (Å²) in [6, 6.07) is 11.4. The van der Waals surface area contributed by atoms with Crippen molar-refractivity contribution in [2.45, 2.75) is 0 Å². The first kappa shape index (κ1) is 14.3. The van der Waals surface area contributed by atoms with E-state index in [0.29, 0.717) is 0 Å². The second kappa shape index (κ2) is 6.38. The number of nitro groups is 1. The van der Waals surface area contributed by atoms with E-state index in [0.717, 1.165) is 6.21 Å². The number of para-hydroxylation sites is 1. The van der Waals surface area contributed by atoms with Crippen LogP contribution in [0.5, 0.6) is 0 Å². The summed E-state index contributed by atoms with van der Waals surface area (Å²) in [6.45, 7) is 0. The van der Waals surface area contributed by atoms with E-state index in [1.807, 2.05) is 0 Å². The number of nitrogens with zero attached hydrogens (tertiary/aromatic N) is 2. The predicted octanol–water partition coefficient (Wildman–Crippen LogP) is 2.50. The van der Waals surface area contributed by atoms with E-state index in [-0.39, 0.29) is 16.8 Å². The van der Waals surface area contributed by atoms with Crippen molar-refractivity contribution in [3.05, 3.63) is 75.6 Å². The average molecular weight is 287 g/mol. The topological polar surface area (TPSA) is 84.6 Å². The molecule has 2 aromatic rings. The van der Waals surface area contributed by atoms with Gasteiger partial charge < -0.3 is 0 Å². The highest BCUT2D eigenvalue weighted by Gasteiger charge is 2.18. The molecule has 2 aromatic carbocycles. The quantitative estimate of drug-likeness (QED) is 0.532. The lowest BCUT2D eigenvalue weighted by Crippen LogP contribution is -2.19. The number of carbonyl (C=O) groups excluding carboxylic acids is 1. The van der Waals surface area contributed by atoms with Gasteiger partial charge in [-0.1, -0.05) is 30.3 Å². The summed E-state index contributed by atoms with van der Waals surface area (Å²) in [4.78, 5) is 22.0. The molecule has 0 heterocycles. The largest absolute Gasteiger partial charge is 0.282 e. The van der Waals surface area contributed by atoms with Crippen molar-refractivity contribution in [3.8, 4) is 0 Å². The molecule has 0 aliphatic rings. The number of rotatable bonds is 4. The molecule has 1 N–H and O–H groups in total. The molecule has 0 bridgehead atoms. The molecular formula is C14H10FN3O3. The number of hydrazone groups is 1. The number of carbonyl (C=O) groups is 1. The number of hydrogen-bond acceptors (Lipinski definition) is 4. The third-order valence-corrected chi connectivity index (χ3v) is 2.62. The first-order chi connectivity index (χ1) is 10.1. The van der Waals surface area contributed by atoms with Gasteiger partial charge in [0.25, 0.3) is 11.6 Å². The van der Waals surface area contributed by atoms with Crippen molar-refractivity contribution in [1.82, 2.24) is 5.43 Å². The molecule has 0 atom stereocenters. The Morgan fingerprint density at radius 3 is 2.57 bits per heavy atom. The fourth-order valence-corrected chi connectivity index (χ4v) is 1.63. The monoisotopic (exact) mass is 287 g/mol. The molecule has 2 rings (SSSR count). The van der Waals surface area contributed by atoms with Crippen LogP contribution in [0.2, 0.25) is 0 Å². The third-order valence-electron chi connectivity index (χ3n) is 2.62. The van der Waals surface area contributed by atoms with Crippen molar-refractivity contribution in [2.24, 2.45) is 5.10 Å². The number of amides is 1. The Kier molecular flexibility index (Phi) is 4.35. The van der Waals surface area contributed by atoms with E-state index in [9.17, 15) is 19.3 Å². The van der Waals surface area contributed by atoms with E-state index in [1.165, 1.54) is 42.5 Å². The van der Waals surface area contributed by atoms with Gasteiger partial charge in [-0.25, -0.2) is 9.82 Å². The molecule has 0 aromatic heterocycles. The lowest BCUT2D eigenvalue weighted by Gasteiger charge is -2.01. The Hall–Kier alpha value is -3.09. The molecule has 0 radical (unpaired) electrons. The van der Waals surface area contributed by atoms with Crippen molar-refractivity contribution in [1.29, 1.82) is 0 Å². The summed E-state index contributed by atoms with van der Waals surface area (Å²) in [5.41, 5.74) is 1.88. The van der Waals surface area contributed by atoms with Crippen LogP contribution in [0.15, 0.2) is 53.6 Å². The van der Waals surface area contributed by atoms with Crippen molar-refractivity contribution in [3.63, 3.8) is 0 Å². The van der Waals surface area contributed by atoms with Gasteiger partial charge in [-0.2, -0.15) is 5.10 Å². The highest BCUT2D eigenvalue weighted by atomic mass is 19.1. The predicted molar refractivity (Wildman–Crippen MR) is 74.6 cm³/mol. The maximum Gasteiger partial charge on any atom is 0.282 e. The van der Waals surface area contributed by atoms with Gasteiger partial charge in [0.05, 0.1) is 11.1 Å². The van der Waals surface area contributed by atoms with Crippen LogP contribution < -0.4 is 5.43 Å². The summed E-state index contributed by atoms with van der Waals surface area (Å²) in [7, 11) is 0. The van der Waals surface area contributed by atoms with Crippen molar-refractivity contribution >= 4 is 17.8 Å². The average Bonchev–Trinajstić information content (AvgIpc) is 2.49. The van der Waals surface area contributed by atoms with Crippen molar-refractivity contribution < 1.29 is 14.1 Å². The molecule has 106 valence electrons. The molecule has 7 heteroatoms. The lowest BCUT2D eigenvalue weighted by molar-refractivity contribution is -0.385. The van der Waals surface area contributed by atoms with Crippen LogP contribution in [0.3, 0.4) is 0 Å². The molecule has 0 saturated carbocycles. The van der Waals surface area contributed by atoms with E-state index in [4.69, 9.17) is 0 Å². The molecule has 1 amide bonds. The minimum atomic E-state index is -0.741. The molecule has 0 spiro atoms. The molecule has 0 aliphatic carbocycles. The number of nitro benzene ring substituents is 1. The standard InChI is InChI=1S/C14H10FN3O3/c15-12-7-3-1-5-10(12)9-16-17-14(19)11-6-2-4-8-13(11)18(20)21/h1-9H,(H,17,19)/b16-9-. The first-order valence-corrected chi connectivity index (χ1v) is 5.91. The summed E-state index contributed by atoms with van der Waals surface area (Å²) in [5.74, 6) is -1.23. The van der Waals surface area contributed by atoms with Gasteiger partial charge in [-0.3, -0.25) is 14.9 Å². The van der Waals surface area contributed by atoms with E-state index >= 15 is 0 Å². The summed E-state index contributed by atoms with van der Waals surface area (Å²) >= 11 is 0. The molecule has 6 nitrogen and oxygen atoms in total. The zero-order valence-electron chi connectivity index (χ0n) is 10.7. The molecular weight excluding hydrogens is 277 g/mol. The lowest BCUT2D eigenvalue weighted by atomic mass is 10.2. The van der Waals surface area contributed by atoms with Crippen molar-refractivity contribution in [2.75, 3.05) is 0 Å². The Labute approximate surface area is 119 Å². The first-order valence-electron chi connectivity index (χ1n) is 5.91. The van der Waals surface area contributed by atoms with Gasteiger partial charge in [-0.05, 0) is 12.1 Å². The van der Waals surface area contributed by atoms with Crippen LogP contribution in [-0.4, -0.2) is 17.0 Å². The highest BCUT2D eigenvalue weighted by Crippen LogP contribution is 2.17. The third kappa shape index (κ3) is 3.47. The SMILES string of the molecule is O=C(N/N=C\c1ccccc1F)c1ccccc1[N+](=O)[O-]. The van der Waals surface area contributed by atoms with Crippen LogP contribution in [-0.2, 0) is 0 Å². The number of nitrogens with one attached hydrogen (secondary N) is 1. The Morgan fingerprint density at radius 2 is 1.86 bits per heavy atom. The minimum Gasteiger partial charge on any atom is -0.267 e. The smallest absolute Gasteiger partial charge is 0.267 e. The number of benzene rings is 2. The zero-order valence-corrected chi connectivity index (χ0v) is 10.7. The molecule has 0 unspecified atom stereocenters. The fourth-order valence-electron chi connectivity index (χ4n) is 1.63. The second-order valence-electron chi connectivity index (χ2n) is 3.99. The van der Waals surface area contributed by atoms with Crippen LogP contribution in [0.4, 0.5) is 10.1 Å². The van der Waals surface area contributed by atoms with Gasteiger partial charge in [0.1, 0.15) is 11.4 Å². The van der Waals surface area contributed by atoms with Crippen LogP contribution in [0.25, 0.3) is 0 Å². The van der Waals surface area contributed by atoms with Crippen LogP contribution in [0.1, 0.15) is 15.9 Å². The Balaban J connectivity index is 2.13. The molecule has 21 heavy (non-hydrogen) atoms. The summed E-state index contributed by atoms with van der Waals surface area (Å²) < 4.78 is 13.3. The zero-order chi connectivity index (χ0) is 15.2. The molecule has 0 fully saturated rings. The fraction of sp³-hybridized carbons (Fsp3) is 0. The Bertz CT molecular complexity index is 716. The van der Waals surface area contributed by atoms with Gasteiger partial charge >= 0.3 is 0 Å². The van der Waals surface area contributed by atoms with Crippen LogP contribution in [0, 0.1) is 15.9 Å². The summed E-state index contributed by atoms with van der Waals surface area (Å²) in [5, 5.41) is 14.4. The normalized spacial score (nSPS) is 10.5. The Morgan fingerprint density at radius 1 is 1.19 bits per heavy atom. The summed E-state index contributed by atoms with van der Waals surface area (Å²) in [6.07, 6.45) is 1.13. The molecule has 0 aliphatic heterocycles. The minimum absolute atomic E-state index is 0.117. The van der Waals surface area contributed by atoms with E-state index < -0.39 is 16.6 Å². The highest BCUT2D eigenvalue weighted by molar-refractivity contribution is 5.98. The van der Waals surface area contributed by atoms with Gasteiger partial charge in [0.15, 0.2) is 0 Å². The van der Waals surface area contributed by atoms with Gasteiger partial charge in [0, 0.05) is 11.6 Å². The second-order valence-corrected chi connectivity index (χ2v) is 3.99. The van der Waals surface area contributed by atoms with E-state index in [1.54, 1.807) is 6.07 Å². The number of hydrogen-bond donors (Lipinski definition) is 1.